The van der Waals surface area contributed by atoms with Crippen molar-refractivity contribution in [1.29, 1.82) is 0 Å². The Hall–Kier alpha value is -4.25. The molecule has 2 aromatic heterocycles. The molecule has 4 aromatic rings. The van der Waals surface area contributed by atoms with Crippen molar-refractivity contribution < 1.29 is 13.6 Å². The summed E-state index contributed by atoms with van der Waals surface area (Å²) in [6.45, 7) is 10.1. The fourth-order valence-electron chi connectivity index (χ4n) is 4.44. The molecule has 3 heterocycles. The lowest BCUT2D eigenvalue weighted by molar-refractivity contribution is 0.0946. The molecule has 0 bridgehead atoms. The van der Waals surface area contributed by atoms with Crippen molar-refractivity contribution in [2.45, 2.75) is 19.9 Å². The molecular formula is C25H19F2N5O. The Morgan fingerprint density at radius 2 is 1.88 bits per heavy atom. The van der Waals surface area contributed by atoms with Crippen LogP contribution >= 0.6 is 0 Å². The first-order chi connectivity index (χ1) is 16.0. The van der Waals surface area contributed by atoms with Crippen LogP contribution in [0.3, 0.4) is 0 Å². The van der Waals surface area contributed by atoms with Crippen LogP contribution < -0.4 is 5.32 Å². The van der Waals surface area contributed by atoms with Crippen LogP contribution in [0.5, 0.6) is 0 Å². The molecular weight excluding hydrogens is 424 g/mol. The third-order valence-electron chi connectivity index (χ3n) is 5.96. The maximum Gasteiger partial charge on any atom is 0.253 e. The van der Waals surface area contributed by atoms with Crippen molar-refractivity contribution >= 4 is 11.6 Å². The average molecular weight is 443 g/mol. The summed E-state index contributed by atoms with van der Waals surface area (Å²) in [5.41, 5.74) is 5.92. The summed E-state index contributed by atoms with van der Waals surface area (Å²) in [6, 6.07) is 10.2. The SMILES string of the molecule is [C-]#[N+]c1cc(F)ccc1Cn1c2c(c(-c3ccc(F)cc3)c1-c1cn[nH]c1C)C(=O)NCC2. The number of carbonyl (C=O) groups is 1. The molecule has 0 radical (unpaired) electrons. The zero-order valence-electron chi connectivity index (χ0n) is 17.7. The number of hydrogen-bond acceptors (Lipinski definition) is 2. The molecule has 0 saturated carbocycles. The molecule has 2 N–H and O–H groups in total. The van der Waals surface area contributed by atoms with Crippen molar-refractivity contribution in [1.82, 2.24) is 20.1 Å². The quantitative estimate of drug-likeness (QED) is 0.435. The first-order valence-corrected chi connectivity index (χ1v) is 10.4. The van der Waals surface area contributed by atoms with Crippen molar-refractivity contribution in [2.24, 2.45) is 0 Å². The zero-order chi connectivity index (χ0) is 23.1. The minimum absolute atomic E-state index is 0.207. The Bertz CT molecular complexity index is 1430. The number of amides is 1. The Balaban J connectivity index is 1.83. The fourth-order valence-corrected chi connectivity index (χ4v) is 4.44. The van der Waals surface area contributed by atoms with Gasteiger partial charge in [-0.1, -0.05) is 18.2 Å². The Kier molecular flexibility index (Phi) is 5.02. The van der Waals surface area contributed by atoms with Gasteiger partial charge in [-0.3, -0.25) is 9.89 Å². The van der Waals surface area contributed by atoms with Crippen LogP contribution in [0, 0.1) is 25.1 Å². The normalized spacial score (nSPS) is 12.8. The predicted octanol–water partition coefficient (Wildman–Crippen LogP) is 5.02. The number of fused-ring (bicyclic) bond motifs is 1. The van der Waals surface area contributed by atoms with Gasteiger partial charge in [-0.2, -0.15) is 5.10 Å². The summed E-state index contributed by atoms with van der Waals surface area (Å²) in [5.74, 6) is -1.05. The molecule has 0 atom stereocenters. The van der Waals surface area contributed by atoms with Gasteiger partial charge in [0.1, 0.15) is 11.6 Å². The lowest BCUT2D eigenvalue weighted by Gasteiger charge is -2.18. The number of aromatic amines is 1. The molecule has 1 aliphatic heterocycles. The summed E-state index contributed by atoms with van der Waals surface area (Å²) in [6.07, 6.45) is 2.28. The number of nitrogens with one attached hydrogen (secondary N) is 2. The Morgan fingerprint density at radius 1 is 1.12 bits per heavy atom. The largest absolute Gasteiger partial charge is 0.352 e. The van der Waals surface area contributed by atoms with Gasteiger partial charge in [-0.25, -0.2) is 13.6 Å². The van der Waals surface area contributed by atoms with Crippen molar-refractivity contribution in [2.75, 3.05) is 6.54 Å². The highest BCUT2D eigenvalue weighted by molar-refractivity contribution is 6.07. The molecule has 2 aromatic carbocycles. The van der Waals surface area contributed by atoms with E-state index in [1.54, 1.807) is 24.4 Å². The average Bonchev–Trinajstić information content (AvgIpc) is 3.37. The maximum absolute atomic E-state index is 13.8. The van der Waals surface area contributed by atoms with E-state index in [-0.39, 0.29) is 24.0 Å². The molecule has 0 aliphatic carbocycles. The van der Waals surface area contributed by atoms with Gasteiger partial charge >= 0.3 is 0 Å². The van der Waals surface area contributed by atoms with Gasteiger partial charge in [0, 0.05) is 42.0 Å². The summed E-state index contributed by atoms with van der Waals surface area (Å²) in [5, 5.41) is 10.0. The van der Waals surface area contributed by atoms with Crippen LogP contribution in [-0.2, 0) is 13.0 Å². The lowest BCUT2D eigenvalue weighted by Crippen LogP contribution is -2.32. The van der Waals surface area contributed by atoms with Crippen molar-refractivity contribution in [3.63, 3.8) is 0 Å². The Morgan fingerprint density at radius 3 is 2.58 bits per heavy atom. The smallest absolute Gasteiger partial charge is 0.253 e. The van der Waals surface area contributed by atoms with E-state index < -0.39 is 5.82 Å². The van der Waals surface area contributed by atoms with Crippen LogP contribution in [0.25, 0.3) is 27.2 Å². The van der Waals surface area contributed by atoms with Crippen LogP contribution in [0.1, 0.15) is 27.3 Å². The number of hydrogen-bond donors (Lipinski definition) is 2. The summed E-state index contributed by atoms with van der Waals surface area (Å²) < 4.78 is 29.5. The molecule has 8 heteroatoms. The van der Waals surface area contributed by atoms with E-state index in [1.165, 1.54) is 24.3 Å². The molecule has 6 nitrogen and oxygen atoms in total. The number of halogens is 2. The second-order valence-electron chi connectivity index (χ2n) is 7.94. The number of benzene rings is 2. The van der Waals surface area contributed by atoms with Crippen LogP contribution in [0.4, 0.5) is 14.5 Å². The number of nitrogens with zero attached hydrogens (tertiary/aromatic N) is 3. The molecule has 5 rings (SSSR count). The highest BCUT2D eigenvalue weighted by Gasteiger charge is 2.32. The number of rotatable bonds is 4. The molecule has 0 spiro atoms. The highest BCUT2D eigenvalue weighted by Crippen LogP contribution is 2.42. The van der Waals surface area contributed by atoms with Crippen LogP contribution in [0.15, 0.2) is 48.7 Å². The molecule has 0 fully saturated rings. The molecule has 0 saturated heterocycles. The third-order valence-corrected chi connectivity index (χ3v) is 5.96. The third kappa shape index (κ3) is 3.48. The first kappa shape index (κ1) is 20.6. The first-order valence-electron chi connectivity index (χ1n) is 10.4. The lowest BCUT2D eigenvalue weighted by atomic mass is 9.95. The number of aromatic nitrogens is 3. The minimum atomic E-state index is -0.475. The molecule has 33 heavy (non-hydrogen) atoms. The van der Waals surface area contributed by atoms with E-state index in [9.17, 15) is 13.6 Å². The fraction of sp³-hybridized carbons (Fsp3) is 0.160. The van der Waals surface area contributed by atoms with E-state index in [0.29, 0.717) is 35.2 Å². The van der Waals surface area contributed by atoms with E-state index in [0.717, 1.165) is 22.6 Å². The standard InChI is InChI=1S/C25H19F2N5O/c1-14-19(12-30-31-14)24-22(15-3-6-17(26)7-4-15)23-21(9-10-29-25(23)33)32(24)13-16-5-8-18(27)11-20(16)28-2/h3-8,11-12H,9-10,13H2,1H3,(H,29,33)(H,30,31). The van der Waals surface area contributed by atoms with Crippen LogP contribution in [0.2, 0.25) is 0 Å². The second kappa shape index (κ2) is 8.02. The highest BCUT2D eigenvalue weighted by atomic mass is 19.1. The predicted molar refractivity (Wildman–Crippen MR) is 120 cm³/mol. The van der Waals surface area contributed by atoms with E-state index in [2.05, 4.69) is 20.4 Å². The van der Waals surface area contributed by atoms with Crippen LogP contribution in [-0.4, -0.2) is 27.2 Å². The van der Waals surface area contributed by atoms with Gasteiger partial charge in [0.2, 0.25) is 0 Å². The van der Waals surface area contributed by atoms with Gasteiger partial charge in [-0.15, -0.1) is 0 Å². The summed E-state index contributed by atoms with van der Waals surface area (Å²) in [7, 11) is 0. The van der Waals surface area contributed by atoms with E-state index in [1.807, 2.05) is 11.5 Å². The summed E-state index contributed by atoms with van der Waals surface area (Å²) in [4.78, 5) is 16.6. The molecule has 164 valence electrons. The molecule has 1 amide bonds. The minimum Gasteiger partial charge on any atom is -0.352 e. The van der Waals surface area contributed by atoms with Gasteiger partial charge in [0.15, 0.2) is 5.69 Å². The zero-order valence-corrected chi connectivity index (χ0v) is 17.7. The van der Waals surface area contributed by atoms with Gasteiger partial charge in [0.25, 0.3) is 5.91 Å². The number of aryl methyl sites for hydroxylation is 1. The Labute approximate surface area is 188 Å². The second-order valence-corrected chi connectivity index (χ2v) is 7.94. The van der Waals surface area contributed by atoms with Gasteiger partial charge < -0.3 is 9.88 Å². The van der Waals surface area contributed by atoms with E-state index >= 15 is 0 Å². The molecule has 1 aliphatic rings. The van der Waals surface area contributed by atoms with Crippen molar-refractivity contribution in [3.05, 3.63) is 94.2 Å². The number of H-pyrrole nitrogens is 1. The van der Waals surface area contributed by atoms with Gasteiger partial charge in [-0.05, 0) is 42.3 Å². The maximum atomic E-state index is 13.8. The van der Waals surface area contributed by atoms with Gasteiger partial charge in [0.05, 0.1) is 24.0 Å². The topological polar surface area (TPSA) is 67.1 Å². The summed E-state index contributed by atoms with van der Waals surface area (Å²) >= 11 is 0. The number of carbonyl (C=O) groups excluding carboxylic acids is 1. The van der Waals surface area contributed by atoms with Crippen molar-refractivity contribution in [3.8, 4) is 22.4 Å². The van der Waals surface area contributed by atoms with E-state index in [4.69, 9.17) is 6.57 Å². The monoisotopic (exact) mass is 443 g/mol. The molecule has 0 unspecified atom stereocenters.